The van der Waals surface area contributed by atoms with E-state index in [1.54, 1.807) is 0 Å². The number of ether oxygens (including phenoxy) is 2. The van der Waals surface area contributed by atoms with Gasteiger partial charge in [0.25, 0.3) is 0 Å². The highest BCUT2D eigenvalue weighted by Gasteiger charge is 2.09. The average molecular weight is 340 g/mol. The van der Waals surface area contributed by atoms with E-state index in [9.17, 15) is 4.79 Å². The van der Waals surface area contributed by atoms with Gasteiger partial charge in [-0.05, 0) is 48.4 Å². The standard InChI is InChI=1S/C22H28O3/c1-17(2)14-15-25-21-13-12-18(8-7-11-22(23)24-3)16-20(21)19-9-5-4-6-10-19/h4-6,9-10,12-13,16-17H,7-8,11,14-15H2,1-3H3. The minimum atomic E-state index is -0.156. The fourth-order valence-electron chi connectivity index (χ4n) is 2.65. The molecule has 3 heteroatoms. The summed E-state index contributed by atoms with van der Waals surface area (Å²) in [5.74, 6) is 1.39. The molecule has 0 radical (unpaired) electrons. The van der Waals surface area contributed by atoms with Gasteiger partial charge in [-0.2, -0.15) is 0 Å². The van der Waals surface area contributed by atoms with Crippen LogP contribution in [0.1, 0.15) is 38.7 Å². The van der Waals surface area contributed by atoms with Crippen LogP contribution < -0.4 is 4.74 Å². The quantitative estimate of drug-likeness (QED) is 0.583. The van der Waals surface area contributed by atoms with E-state index in [1.165, 1.54) is 12.7 Å². The number of esters is 1. The Balaban J connectivity index is 2.14. The van der Waals surface area contributed by atoms with Gasteiger partial charge in [0, 0.05) is 12.0 Å². The number of hydrogen-bond acceptors (Lipinski definition) is 3. The first-order valence-corrected chi connectivity index (χ1v) is 8.98. The predicted molar refractivity (Wildman–Crippen MR) is 102 cm³/mol. The Hall–Kier alpha value is -2.29. The summed E-state index contributed by atoms with van der Waals surface area (Å²) in [6.45, 7) is 5.12. The van der Waals surface area contributed by atoms with Gasteiger partial charge in [-0.25, -0.2) is 0 Å². The average Bonchev–Trinajstić information content (AvgIpc) is 2.63. The second-order valence-electron chi connectivity index (χ2n) is 6.66. The van der Waals surface area contributed by atoms with Crippen molar-refractivity contribution < 1.29 is 14.3 Å². The molecule has 0 saturated carbocycles. The third-order valence-electron chi connectivity index (χ3n) is 4.16. The highest BCUT2D eigenvalue weighted by Crippen LogP contribution is 2.31. The smallest absolute Gasteiger partial charge is 0.305 e. The lowest BCUT2D eigenvalue weighted by Gasteiger charge is -2.14. The Morgan fingerprint density at radius 1 is 1.08 bits per heavy atom. The van der Waals surface area contributed by atoms with Crippen molar-refractivity contribution in [3.63, 3.8) is 0 Å². The molecule has 0 saturated heterocycles. The van der Waals surface area contributed by atoms with Crippen LogP contribution in [-0.4, -0.2) is 19.7 Å². The normalized spacial score (nSPS) is 10.7. The lowest BCUT2D eigenvalue weighted by Crippen LogP contribution is -2.03. The van der Waals surface area contributed by atoms with Crippen LogP contribution in [0.25, 0.3) is 11.1 Å². The molecule has 25 heavy (non-hydrogen) atoms. The van der Waals surface area contributed by atoms with Crippen LogP contribution >= 0.6 is 0 Å². The van der Waals surface area contributed by atoms with E-state index in [1.807, 2.05) is 18.2 Å². The van der Waals surface area contributed by atoms with Gasteiger partial charge >= 0.3 is 5.97 Å². The van der Waals surface area contributed by atoms with Gasteiger partial charge in [0.2, 0.25) is 0 Å². The Kier molecular flexibility index (Phi) is 7.52. The lowest BCUT2D eigenvalue weighted by molar-refractivity contribution is -0.140. The summed E-state index contributed by atoms with van der Waals surface area (Å²) in [6.07, 6.45) is 3.12. The molecule has 0 spiro atoms. The molecule has 134 valence electrons. The zero-order chi connectivity index (χ0) is 18.1. The molecule has 0 bridgehead atoms. The lowest BCUT2D eigenvalue weighted by atomic mass is 9.99. The first kappa shape index (κ1) is 19.0. The van der Waals surface area contributed by atoms with Gasteiger partial charge in [0.1, 0.15) is 5.75 Å². The van der Waals surface area contributed by atoms with E-state index in [2.05, 4.69) is 44.2 Å². The molecular weight excluding hydrogens is 312 g/mol. The Bertz CT molecular complexity index is 662. The van der Waals surface area contributed by atoms with Crippen molar-refractivity contribution in [2.24, 2.45) is 5.92 Å². The number of hydrogen-bond donors (Lipinski definition) is 0. The second kappa shape index (κ2) is 9.87. The van der Waals surface area contributed by atoms with Gasteiger partial charge in [0.15, 0.2) is 0 Å². The molecule has 0 fully saturated rings. The molecule has 0 N–H and O–H groups in total. The van der Waals surface area contributed by atoms with Crippen molar-refractivity contribution >= 4 is 5.97 Å². The molecule has 0 amide bonds. The Morgan fingerprint density at radius 3 is 2.52 bits per heavy atom. The molecule has 0 aliphatic rings. The molecule has 0 aromatic heterocycles. The first-order valence-electron chi connectivity index (χ1n) is 8.98. The van der Waals surface area contributed by atoms with Crippen LogP contribution in [0, 0.1) is 5.92 Å². The summed E-state index contributed by atoms with van der Waals surface area (Å²) in [4.78, 5) is 11.3. The number of carbonyl (C=O) groups excluding carboxylic acids is 1. The highest BCUT2D eigenvalue weighted by atomic mass is 16.5. The highest BCUT2D eigenvalue weighted by molar-refractivity contribution is 5.71. The minimum absolute atomic E-state index is 0.156. The third kappa shape index (κ3) is 6.26. The summed E-state index contributed by atoms with van der Waals surface area (Å²) >= 11 is 0. The number of carbonyl (C=O) groups is 1. The molecule has 0 aliphatic carbocycles. The van der Waals surface area contributed by atoms with Crippen LogP contribution in [0.4, 0.5) is 0 Å². The van der Waals surface area contributed by atoms with Gasteiger partial charge in [-0.15, -0.1) is 0 Å². The van der Waals surface area contributed by atoms with Crippen molar-refractivity contribution in [1.29, 1.82) is 0 Å². The summed E-state index contributed by atoms with van der Waals surface area (Å²) in [5, 5.41) is 0. The van der Waals surface area contributed by atoms with E-state index < -0.39 is 0 Å². The molecular formula is C22H28O3. The van der Waals surface area contributed by atoms with Crippen LogP contribution in [0.15, 0.2) is 48.5 Å². The van der Waals surface area contributed by atoms with E-state index in [0.717, 1.165) is 42.7 Å². The first-order chi connectivity index (χ1) is 12.1. The van der Waals surface area contributed by atoms with Crippen LogP contribution in [0.3, 0.4) is 0 Å². The summed E-state index contributed by atoms with van der Waals surface area (Å²) in [7, 11) is 1.43. The largest absolute Gasteiger partial charge is 0.493 e. The molecule has 0 aliphatic heterocycles. The summed E-state index contributed by atoms with van der Waals surface area (Å²) in [6, 6.07) is 16.6. The number of rotatable bonds is 9. The molecule has 0 heterocycles. The monoisotopic (exact) mass is 340 g/mol. The van der Waals surface area contributed by atoms with Crippen LogP contribution in [0.5, 0.6) is 5.75 Å². The van der Waals surface area contributed by atoms with E-state index in [0.29, 0.717) is 12.3 Å². The maximum absolute atomic E-state index is 11.3. The Morgan fingerprint density at radius 2 is 1.84 bits per heavy atom. The molecule has 2 aromatic rings. The van der Waals surface area contributed by atoms with Gasteiger partial charge in [0.05, 0.1) is 13.7 Å². The van der Waals surface area contributed by atoms with Crippen molar-refractivity contribution in [2.75, 3.05) is 13.7 Å². The zero-order valence-corrected chi connectivity index (χ0v) is 15.5. The number of aryl methyl sites for hydroxylation is 1. The molecule has 0 atom stereocenters. The zero-order valence-electron chi connectivity index (χ0n) is 15.5. The van der Waals surface area contributed by atoms with Crippen LogP contribution in [0.2, 0.25) is 0 Å². The van der Waals surface area contributed by atoms with Gasteiger partial charge in [-0.1, -0.05) is 50.2 Å². The van der Waals surface area contributed by atoms with Crippen LogP contribution in [-0.2, 0) is 16.0 Å². The minimum Gasteiger partial charge on any atom is -0.493 e. The summed E-state index contributed by atoms with van der Waals surface area (Å²) < 4.78 is 10.7. The van der Waals surface area contributed by atoms with Gasteiger partial charge < -0.3 is 9.47 Å². The molecule has 2 rings (SSSR count). The molecule has 0 unspecified atom stereocenters. The number of benzene rings is 2. The summed E-state index contributed by atoms with van der Waals surface area (Å²) in [5.41, 5.74) is 3.47. The van der Waals surface area contributed by atoms with Gasteiger partial charge in [-0.3, -0.25) is 4.79 Å². The van der Waals surface area contributed by atoms with E-state index in [4.69, 9.17) is 9.47 Å². The maximum Gasteiger partial charge on any atom is 0.305 e. The Labute approximate surface area is 151 Å². The maximum atomic E-state index is 11.3. The third-order valence-corrected chi connectivity index (χ3v) is 4.16. The molecule has 2 aromatic carbocycles. The predicted octanol–water partition coefficient (Wildman–Crippen LogP) is 5.27. The fraction of sp³-hybridized carbons (Fsp3) is 0.409. The topological polar surface area (TPSA) is 35.5 Å². The fourth-order valence-corrected chi connectivity index (χ4v) is 2.65. The SMILES string of the molecule is COC(=O)CCCc1ccc(OCCC(C)C)c(-c2ccccc2)c1. The van der Waals surface area contributed by atoms with E-state index >= 15 is 0 Å². The van der Waals surface area contributed by atoms with E-state index in [-0.39, 0.29) is 5.97 Å². The molecule has 3 nitrogen and oxygen atoms in total. The van der Waals surface area contributed by atoms with Crippen molar-refractivity contribution in [3.05, 3.63) is 54.1 Å². The second-order valence-corrected chi connectivity index (χ2v) is 6.66. The van der Waals surface area contributed by atoms with Crippen molar-refractivity contribution in [2.45, 2.75) is 39.5 Å². The van der Waals surface area contributed by atoms with Crippen molar-refractivity contribution in [1.82, 2.24) is 0 Å². The van der Waals surface area contributed by atoms with Crippen molar-refractivity contribution in [3.8, 4) is 16.9 Å². The number of methoxy groups -OCH3 is 1.